The summed E-state index contributed by atoms with van der Waals surface area (Å²) in [7, 11) is 0. The molecule has 3 N–H and O–H groups in total. The second-order valence-corrected chi connectivity index (χ2v) is 11.3. The standard InChI is InChI=1S/C21H32N6OS/c1-19(2,3)12-21(7,8)26-16-14(20(4,5)6)24-15-13(11-23-27(15)16)17(28)25-18-22-9-10-29-18/h9-11,23,26H,12H2,1-8H3,(H,22,25,28). The van der Waals surface area contributed by atoms with E-state index < -0.39 is 0 Å². The molecule has 3 aromatic heterocycles. The van der Waals surface area contributed by atoms with Crippen molar-refractivity contribution in [3.05, 3.63) is 29.0 Å². The molecule has 3 aromatic rings. The molecule has 0 bridgehead atoms. The molecule has 0 aliphatic heterocycles. The molecule has 8 heteroatoms. The van der Waals surface area contributed by atoms with E-state index in [1.54, 1.807) is 12.4 Å². The number of hydrogen-bond donors (Lipinski definition) is 3. The van der Waals surface area contributed by atoms with Crippen molar-refractivity contribution in [1.29, 1.82) is 0 Å². The van der Waals surface area contributed by atoms with E-state index in [0.29, 0.717) is 16.3 Å². The number of carbonyl (C=O) groups excluding carboxylic acids is 1. The third-order valence-electron chi connectivity index (χ3n) is 4.49. The molecule has 0 spiro atoms. The monoisotopic (exact) mass is 416 g/mol. The van der Waals surface area contributed by atoms with Gasteiger partial charge in [0.2, 0.25) is 0 Å². The molecule has 0 radical (unpaired) electrons. The molecule has 1 amide bonds. The number of imidazole rings is 1. The van der Waals surface area contributed by atoms with Crippen LogP contribution in [0.2, 0.25) is 0 Å². The quantitative estimate of drug-likeness (QED) is 0.527. The first-order chi connectivity index (χ1) is 13.3. The van der Waals surface area contributed by atoms with Gasteiger partial charge < -0.3 is 5.32 Å². The van der Waals surface area contributed by atoms with Gasteiger partial charge in [-0.1, -0.05) is 41.5 Å². The van der Waals surface area contributed by atoms with Crippen LogP contribution in [-0.2, 0) is 5.41 Å². The lowest BCUT2D eigenvalue weighted by molar-refractivity contribution is 0.102. The average molecular weight is 417 g/mol. The first-order valence-electron chi connectivity index (χ1n) is 9.86. The summed E-state index contributed by atoms with van der Waals surface area (Å²) in [6.45, 7) is 17.5. The summed E-state index contributed by atoms with van der Waals surface area (Å²) < 4.78 is 1.88. The number of carbonyl (C=O) groups is 1. The van der Waals surface area contributed by atoms with Crippen molar-refractivity contribution >= 4 is 33.8 Å². The zero-order valence-corrected chi connectivity index (χ0v) is 19.4. The molecule has 7 nitrogen and oxygen atoms in total. The minimum Gasteiger partial charge on any atom is -0.364 e. The topological polar surface area (TPSA) is 87.1 Å². The van der Waals surface area contributed by atoms with Crippen LogP contribution in [0.3, 0.4) is 0 Å². The Bertz CT molecular complexity index is 999. The van der Waals surface area contributed by atoms with Crippen molar-refractivity contribution in [2.45, 2.75) is 72.8 Å². The van der Waals surface area contributed by atoms with Gasteiger partial charge in [0.15, 0.2) is 16.6 Å². The highest BCUT2D eigenvalue weighted by atomic mass is 32.1. The normalized spacial score (nSPS) is 13.1. The van der Waals surface area contributed by atoms with Gasteiger partial charge in [0.25, 0.3) is 5.91 Å². The summed E-state index contributed by atoms with van der Waals surface area (Å²) in [4.78, 5) is 21.8. The van der Waals surface area contributed by atoms with E-state index in [-0.39, 0.29) is 22.3 Å². The van der Waals surface area contributed by atoms with E-state index in [1.165, 1.54) is 11.3 Å². The first-order valence-corrected chi connectivity index (χ1v) is 10.7. The Kier molecular flexibility index (Phi) is 5.28. The number of rotatable bonds is 5. The Balaban J connectivity index is 2.02. The van der Waals surface area contributed by atoms with Crippen LogP contribution in [0, 0.1) is 5.41 Å². The Morgan fingerprint density at radius 2 is 1.86 bits per heavy atom. The van der Waals surface area contributed by atoms with E-state index in [4.69, 9.17) is 4.98 Å². The number of amides is 1. The summed E-state index contributed by atoms with van der Waals surface area (Å²) in [6.07, 6.45) is 4.34. The lowest BCUT2D eigenvalue weighted by Gasteiger charge is -2.34. The number of aromatic amines is 1. The SMILES string of the molecule is CC(C)(C)CC(C)(C)Nc1c(C(C)(C)C)nc2c(C(=O)Nc3nccs3)c[nH]n12. The first kappa shape index (κ1) is 21.4. The zero-order chi connectivity index (χ0) is 21.6. The molecule has 0 unspecified atom stereocenters. The van der Waals surface area contributed by atoms with Crippen LogP contribution in [0.5, 0.6) is 0 Å². The van der Waals surface area contributed by atoms with Gasteiger partial charge in [-0.25, -0.2) is 14.5 Å². The Labute approximate surface area is 176 Å². The Morgan fingerprint density at radius 1 is 1.17 bits per heavy atom. The van der Waals surface area contributed by atoms with Crippen molar-refractivity contribution < 1.29 is 4.79 Å². The molecule has 0 atom stereocenters. The molecular formula is C21H32N6OS. The minimum atomic E-state index is -0.225. The van der Waals surface area contributed by atoms with Gasteiger partial charge >= 0.3 is 0 Å². The fourth-order valence-corrected chi connectivity index (χ4v) is 4.39. The third-order valence-corrected chi connectivity index (χ3v) is 5.18. The zero-order valence-electron chi connectivity index (χ0n) is 18.6. The molecule has 158 valence electrons. The smallest absolute Gasteiger partial charge is 0.262 e. The maximum absolute atomic E-state index is 12.8. The van der Waals surface area contributed by atoms with Gasteiger partial charge in [-0.05, 0) is 25.7 Å². The lowest BCUT2D eigenvalue weighted by Crippen LogP contribution is -2.36. The van der Waals surface area contributed by atoms with Crippen LogP contribution >= 0.6 is 11.3 Å². The number of aromatic nitrogens is 4. The van der Waals surface area contributed by atoms with E-state index >= 15 is 0 Å². The largest absolute Gasteiger partial charge is 0.364 e. The molecule has 0 saturated carbocycles. The summed E-state index contributed by atoms with van der Waals surface area (Å²) in [5.41, 5.74) is 1.87. The van der Waals surface area contributed by atoms with Crippen LogP contribution < -0.4 is 10.6 Å². The van der Waals surface area contributed by atoms with Gasteiger partial charge in [-0.3, -0.25) is 15.2 Å². The Morgan fingerprint density at radius 3 is 2.41 bits per heavy atom. The van der Waals surface area contributed by atoms with Gasteiger partial charge in [-0.15, -0.1) is 11.3 Å². The van der Waals surface area contributed by atoms with Crippen molar-refractivity contribution in [3.8, 4) is 0 Å². The highest BCUT2D eigenvalue weighted by Crippen LogP contribution is 2.35. The van der Waals surface area contributed by atoms with E-state index in [1.807, 2.05) is 9.90 Å². The summed E-state index contributed by atoms with van der Waals surface area (Å²) in [6, 6.07) is 0. The highest BCUT2D eigenvalue weighted by molar-refractivity contribution is 7.13. The van der Waals surface area contributed by atoms with E-state index in [0.717, 1.165) is 17.9 Å². The molecule has 0 saturated heterocycles. The molecule has 0 fully saturated rings. The Hall–Kier alpha value is -2.35. The predicted octanol–water partition coefficient (Wildman–Crippen LogP) is 5.30. The number of nitrogens with zero attached hydrogens (tertiary/aromatic N) is 3. The van der Waals surface area contributed by atoms with Crippen LogP contribution in [-0.4, -0.2) is 31.0 Å². The number of hydrogen-bond acceptors (Lipinski definition) is 5. The fraction of sp³-hybridized carbons (Fsp3) is 0.571. The molecule has 0 aliphatic carbocycles. The second kappa shape index (κ2) is 7.16. The molecule has 3 rings (SSSR count). The summed E-state index contributed by atoms with van der Waals surface area (Å²) in [5.74, 6) is 0.673. The van der Waals surface area contributed by atoms with Crippen molar-refractivity contribution in [2.75, 3.05) is 10.6 Å². The van der Waals surface area contributed by atoms with Gasteiger partial charge in [0.1, 0.15) is 5.56 Å². The molecule has 29 heavy (non-hydrogen) atoms. The van der Waals surface area contributed by atoms with Crippen molar-refractivity contribution in [3.63, 3.8) is 0 Å². The molecule has 0 aromatic carbocycles. The van der Waals surface area contributed by atoms with Crippen LogP contribution in [0.25, 0.3) is 5.65 Å². The second-order valence-electron chi connectivity index (χ2n) is 10.4. The van der Waals surface area contributed by atoms with Gasteiger partial charge in [0.05, 0.1) is 5.69 Å². The minimum absolute atomic E-state index is 0.150. The maximum atomic E-state index is 12.8. The highest BCUT2D eigenvalue weighted by Gasteiger charge is 2.32. The number of nitrogens with one attached hydrogen (secondary N) is 3. The summed E-state index contributed by atoms with van der Waals surface area (Å²) >= 11 is 1.39. The third kappa shape index (κ3) is 4.80. The van der Waals surface area contributed by atoms with Crippen molar-refractivity contribution in [2.24, 2.45) is 5.41 Å². The number of H-pyrrole nitrogens is 1. The molecular weight excluding hydrogens is 384 g/mol. The number of anilines is 2. The maximum Gasteiger partial charge on any atom is 0.262 e. The van der Waals surface area contributed by atoms with Gasteiger partial charge in [0, 0.05) is 28.7 Å². The van der Waals surface area contributed by atoms with Gasteiger partial charge in [-0.2, -0.15) is 0 Å². The fourth-order valence-electron chi connectivity index (χ4n) is 3.87. The molecule has 3 heterocycles. The van der Waals surface area contributed by atoms with Crippen LogP contribution in [0.1, 0.15) is 77.9 Å². The lowest BCUT2D eigenvalue weighted by atomic mass is 9.81. The average Bonchev–Trinajstić information content (AvgIpc) is 3.21. The van der Waals surface area contributed by atoms with Crippen LogP contribution in [0.4, 0.5) is 10.9 Å². The molecule has 0 aliphatic rings. The van der Waals surface area contributed by atoms with E-state index in [2.05, 4.69) is 76.1 Å². The summed E-state index contributed by atoms with van der Waals surface area (Å²) in [5, 5.41) is 12.1. The number of thiazole rings is 1. The van der Waals surface area contributed by atoms with Crippen LogP contribution in [0.15, 0.2) is 17.8 Å². The van der Waals surface area contributed by atoms with E-state index in [9.17, 15) is 4.79 Å². The van der Waals surface area contributed by atoms with Crippen molar-refractivity contribution in [1.82, 2.24) is 19.6 Å². The number of fused-ring (bicyclic) bond motifs is 1. The predicted molar refractivity (Wildman–Crippen MR) is 120 cm³/mol.